The van der Waals surface area contributed by atoms with Gasteiger partial charge in [0.2, 0.25) is 5.95 Å². The summed E-state index contributed by atoms with van der Waals surface area (Å²) in [4.78, 5) is 27.8. The van der Waals surface area contributed by atoms with E-state index in [0.29, 0.717) is 58.0 Å². The average Bonchev–Trinajstić information content (AvgIpc) is 3.69. The SMILES string of the molecule is Nc1nc(CCCNc2nc(-c3ccc(Cl)cc3Cl)cc3nc(C4CCN(CC5CC5)CC4)nn23)ccc1C(=O)C(F)(F)F. The van der Waals surface area contributed by atoms with Crippen molar-refractivity contribution in [1.82, 2.24) is 29.5 Å². The molecule has 1 aliphatic heterocycles. The monoisotopic (exact) mass is 646 g/mol. The smallest absolute Gasteiger partial charge is 0.383 e. The van der Waals surface area contributed by atoms with E-state index in [4.69, 9.17) is 44.0 Å². The first-order valence-corrected chi connectivity index (χ1v) is 15.4. The Labute approximate surface area is 262 Å². The van der Waals surface area contributed by atoms with Crippen molar-refractivity contribution in [3.63, 3.8) is 0 Å². The van der Waals surface area contributed by atoms with Gasteiger partial charge in [-0.15, -0.1) is 5.10 Å². The number of piperidine rings is 1. The highest BCUT2D eigenvalue weighted by molar-refractivity contribution is 6.36. The molecular weight excluding hydrogens is 616 g/mol. The van der Waals surface area contributed by atoms with Crippen molar-refractivity contribution in [2.45, 2.75) is 50.6 Å². The van der Waals surface area contributed by atoms with Crippen LogP contribution in [0.3, 0.4) is 0 Å². The highest BCUT2D eigenvalue weighted by Gasteiger charge is 2.40. The van der Waals surface area contributed by atoms with E-state index in [2.05, 4.69) is 15.2 Å². The molecule has 3 aromatic heterocycles. The molecule has 232 valence electrons. The number of nitrogens with two attached hydrogens (primary N) is 1. The molecule has 1 aliphatic carbocycles. The zero-order valence-corrected chi connectivity index (χ0v) is 25.3. The van der Waals surface area contributed by atoms with E-state index in [1.54, 1.807) is 16.6 Å². The van der Waals surface area contributed by atoms with Crippen LogP contribution in [0.4, 0.5) is 24.9 Å². The number of benzene rings is 1. The zero-order valence-electron chi connectivity index (χ0n) is 23.7. The van der Waals surface area contributed by atoms with Gasteiger partial charge in [-0.1, -0.05) is 23.2 Å². The van der Waals surface area contributed by atoms with Crippen molar-refractivity contribution in [2.75, 3.05) is 37.2 Å². The number of pyridine rings is 1. The van der Waals surface area contributed by atoms with Crippen molar-refractivity contribution in [3.8, 4) is 11.3 Å². The van der Waals surface area contributed by atoms with Gasteiger partial charge in [-0.25, -0.2) is 15.0 Å². The topological polar surface area (TPSA) is 114 Å². The first-order valence-electron chi connectivity index (χ1n) is 14.6. The summed E-state index contributed by atoms with van der Waals surface area (Å²) < 4.78 is 40.1. The first kappa shape index (κ1) is 30.5. The predicted octanol–water partition coefficient (Wildman–Crippen LogP) is 6.45. The molecule has 2 aliphatic rings. The van der Waals surface area contributed by atoms with Gasteiger partial charge in [-0.2, -0.15) is 17.7 Å². The van der Waals surface area contributed by atoms with Gasteiger partial charge in [0.1, 0.15) is 5.82 Å². The molecule has 2 fully saturated rings. The summed E-state index contributed by atoms with van der Waals surface area (Å²) in [6.07, 6.45) is 0.630. The number of Topliss-reactive ketones (excluding diaryl/α,β-unsaturated/α-hetero) is 1. The van der Waals surface area contributed by atoms with Crippen LogP contribution in [-0.2, 0) is 6.42 Å². The van der Waals surface area contributed by atoms with Gasteiger partial charge < -0.3 is 16.0 Å². The maximum Gasteiger partial charge on any atom is 0.455 e. The number of carbonyl (C=O) groups excluding carboxylic acids is 1. The van der Waals surface area contributed by atoms with Crippen LogP contribution in [0.2, 0.25) is 10.0 Å². The summed E-state index contributed by atoms with van der Waals surface area (Å²) in [5, 5.41) is 9.15. The van der Waals surface area contributed by atoms with Crippen LogP contribution in [0.5, 0.6) is 0 Å². The Balaban J connectivity index is 1.19. The van der Waals surface area contributed by atoms with Gasteiger partial charge in [0.15, 0.2) is 11.5 Å². The summed E-state index contributed by atoms with van der Waals surface area (Å²) in [5.74, 6) is -0.0709. The molecule has 1 saturated carbocycles. The highest BCUT2D eigenvalue weighted by atomic mass is 35.5. The number of nitrogens with zero attached hydrogens (tertiary/aromatic N) is 6. The lowest BCUT2D eigenvalue weighted by atomic mass is 9.96. The Morgan fingerprint density at radius 2 is 1.80 bits per heavy atom. The number of ketones is 1. The lowest BCUT2D eigenvalue weighted by molar-refractivity contribution is -0.0884. The largest absolute Gasteiger partial charge is 0.455 e. The number of nitrogens with one attached hydrogen (secondary N) is 1. The number of halogens is 5. The number of hydrogen-bond donors (Lipinski definition) is 2. The molecule has 0 spiro atoms. The molecule has 0 bridgehead atoms. The van der Waals surface area contributed by atoms with Crippen molar-refractivity contribution in [3.05, 3.63) is 63.5 Å². The standard InChI is InChI=1S/C30H31Cl2F3N8O/c31-19-5-7-21(23(32)14-19)24-15-25-40-28(18-9-12-42(13-10-18)16-17-3-4-17)41-43(25)29(39-24)37-11-1-2-20-6-8-22(27(36)38-20)26(44)30(33,34)35/h5-8,14-15,17-18H,1-4,9-13,16H2,(H2,36,38)(H,37,39). The Bertz CT molecular complexity index is 1680. The maximum absolute atomic E-state index is 12.8. The van der Waals surface area contributed by atoms with Crippen LogP contribution in [-0.4, -0.2) is 67.6 Å². The second kappa shape index (κ2) is 12.5. The fourth-order valence-corrected chi connectivity index (χ4v) is 6.04. The molecule has 1 saturated heterocycles. The lowest BCUT2D eigenvalue weighted by Crippen LogP contribution is -2.34. The number of hydrogen-bond acceptors (Lipinski definition) is 8. The summed E-state index contributed by atoms with van der Waals surface area (Å²) >= 11 is 12.6. The second-order valence-corrected chi connectivity index (χ2v) is 12.3. The molecule has 0 atom stereocenters. The fraction of sp³-hybridized carbons (Fsp3) is 0.433. The molecule has 4 aromatic rings. The van der Waals surface area contributed by atoms with Crippen LogP contribution in [0, 0.1) is 5.92 Å². The third-order valence-electron chi connectivity index (χ3n) is 8.09. The minimum absolute atomic E-state index is 0.254. The summed E-state index contributed by atoms with van der Waals surface area (Å²) in [6.45, 7) is 3.71. The van der Waals surface area contributed by atoms with Gasteiger partial charge in [0.05, 0.1) is 16.3 Å². The number of anilines is 2. The fourth-order valence-electron chi connectivity index (χ4n) is 5.54. The van der Waals surface area contributed by atoms with Crippen molar-refractivity contribution < 1.29 is 18.0 Å². The minimum atomic E-state index is -5.01. The average molecular weight is 648 g/mol. The Hall–Kier alpha value is -3.48. The number of alkyl halides is 3. The highest BCUT2D eigenvalue weighted by Crippen LogP contribution is 2.34. The zero-order chi connectivity index (χ0) is 31.0. The number of aryl methyl sites for hydroxylation is 1. The number of likely N-dealkylation sites (tertiary alicyclic amines) is 1. The quantitative estimate of drug-likeness (QED) is 0.149. The van der Waals surface area contributed by atoms with Gasteiger partial charge in [-0.05, 0) is 87.9 Å². The van der Waals surface area contributed by atoms with Crippen LogP contribution in [0.15, 0.2) is 36.4 Å². The van der Waals surface area contributed by atoms with Crippen molar-refractivity contribution in [2.24, 2.45) is 5.92 Å². The summed E-state index contributed by atoms with van der Waals surface area (Å²) in [5.41, 5.74) is 7.43. The molecule has 6 rings (SSSR count). The van der Waals surface area contributed by atoms with E-state index in [1.807, 2.05) is 12.1 Å². The van der Waals surface area contributed by atoms with E-state index >= 15 is 0 Å². The van der Waals surface area contributed by atoms with E-state index in [9.17, 15) is 18.0 Å². The van der Waals surface area contributed by atoms with E-state index < -0.39 is 23.3 Å². The van der Waals surface area contributed by atoms with E-state index in [1.165, 1.54) is 25.5 Å². The predicted molar refractivity (Wildman–Crippen MR) is 163 cm³/mol. The molecule has 1 aromatic carbocycles. The summed E-state index contributed by atoms with van der Waals surface area (Å²) in [6, 6.07) is 9.53. The number of carbonyl (C=O) groups is 1. The van der Waals surface area contributed by atoms with Crippen molar-refractivity contribution >= 4 is 46.4 Å². The van der Waals surface area contributed by atoms with Crippen molar-refractivity contribution in [1.29, 1.82) is 0 Å². The number of aromatic nitrogens is 5. The van der Waals surface area contributed by atoms with Gasteiger partial charge in [0.25, 0.3) is 5.78 Å². The molecule has 44 heavy (non-hydrogen) atoms. The molecule has 0 amide bonds. The van der Waals surface area contributed by atoms with E-state index in [-0.39, 0.29) is 5.92 Å². The number of fused-ring (bicyclic) bond motifs is 1. The van der Waals surface area contributed by atoms with Crippen LogP contribution in [0.1, 0.15) is 59.9 Å². The summed E-state index contributed by atoms with van der Waals surface area (Å²) in [7, 11) is 0. The normalized spacial score (nSPS) is 16.5. The number of nitrogen functional groups attached to an aromatic ring is 1. The van der Waals surface area contributed by atoms with Gasteiger partial charge in [0, 0.05) is 41.4 Å². The first-order chi connectivity index (χ1) is 21.0. The van der Waals surface area contributed by atoms with E-state index in [0.717, 1.165) is 43.7 Å². The molecule has 14 heteroatoms. The molecule has 9 nitrogen and oxygen atoms in total. The molecular formula is C30H31Cl2F3N8O. The van der Waals surface area contributed by atoms with Crippen LogP contribution >= 0.6 is 23.2 Å². The minimum Gasteiger partial charge on any atom is -0.383 e. The Morgan fingerprint density at radius 1 is 1.02 bits per heavy atom. The molecule has 0 radical (unpaired) electrons. The molecule has 4 heterocycles. The van der Waals surface area contributed by atoms with Gasteiger partial charge in [-0.3, -0.25) is 4.79 Å². The molecule has 3 N–H and O–H groups in total. The van der Waals surface area contributed by atoms with Crippen LogP contribution < -0.4 is 11.1 Å². The maximum atomic E-state index is 12.8. The Kier molecular flexibility index (Phi) is 8.67. The Morgan fingerprint density at radius 3 is 2.48 bits per heavy atom. The van der Waals surface area contributed by atoms with Crippen LogP contribution in [0.25, 0.3) is 16.9 Å². The second-order valence-electron chi connectivity index (χ2n) is 11.4. The number of rotatable bonds is 10. The third-order valence-corrected chi connectivity index (χ3v) is 8.64. The van der Waals surface area contributed by atoms with Gasteiger partial charge >= 0.3 is 6.18 Å². The molecule has 0 unspecified atom stereocenters. The lowest BCUT2D eigenvalue weighted by Gasteiger charge is -2.30. The third kappa shape index (κ3) is 6.92.